The predicted octanol–water partition coefficient (Wildman–Crippen LogP) is 4.85. The van der Waals surface area contributed by atoms with E-state index >= 15 is 0 Å². The second-order valence-corrected chi connectivity index (χ2v) is 8.95. The van der Waals surface area contributed by atoms with E-state index in [1.54, 1.807) is 0 Å². The van der Waals surface area contributed by atoms with Crippen molar-refractivity contribution in [3.8, 4) is 11.3 Å². The van der Waals surface area contributed by atoms with Crippen LogP contribution in [0.4, 0.5) is 18.9 Å². The molecule has 2 heterocycles. The summed E-state index contributed by atoms with van der Waals surface area (Å²) in [4.78, 5) is 40.4. The molecule has 0 amide bonds. The molecule has 13 heteroatoms. The van der Waals surface area contributed by atoms with Crippen molar-refractivity contribution < 1.29 is 33.0 Å². The molecular weight excluding hydrogens is 495 g/mol. The number of hydrogen-bond acceptors (Lipinski definition) is 5. The number of hydrogen-bond donors (Lipinski definition) is 3. The number of benzene rings is 1. The zero-order valence-electron chi connectivity index (χ0n) is 19.9. The molecule has 3 atom stereocenters. The number of pyridine rings is 1. The van der Waals surface area contributed by atoms with Gasteiger partial charge in [0, 0.05) is 29.7 Å². The Hall–Kier alpha value is -3.99. The van der Waals surface area contributed by atoms with Gasteiger partial charge in [-0.15, -0.1) is 0 Å². The van der Waals surface area contributed by atoms with Gasteiger partial charge < -0.3 is 20.1 Å². The molecule has 1 aromatic carbocycles. The third-order valence-corrected chi connectivity index (χ3v) is 6.76. The van der Waals surface area contributed by atoms with Crippen molar-refractivity contribution in [2.45, 2.75) is 44.8 Å². The third kappa shape index (κ3) is 6.42. The Balaban J connectivity index is 0.000000479. The molecule has 0 bridgehead atoms. The van der Waals surface area contributed by atoms with Crippen LogP contribution < -0.4 is 10.5 Å². The summed E-state index contributed by atoms with van der Waals surface area (Å²) in [5.41, 5.74) is 11.5. The van der Waals surface area contributed by atoms with Crippen molar-refractivity contribution in [3.63, 3.8) is 0 Å². The average Bonchev–Trinajstić information content (AvgIpc) is 3.29. The van der Waals surface area contributed by atoms with Gasteiger partial charge in [0.2, 0.25) is 0 Å². The maximum absolute atomic E-state index is 12.1. The molecule has 1 aliphatic heterocycles. The second kappa shape index (κ2) is 11.4. The van der Waals surface area contributed by atoms with Crippen LogP contribution in [-0.4, -0.2) is 52.4 Å². The smallest absolute Gasteiger partial charge is 0.477 e. The molecule has 0 unspecified atom stereocenters. The number of alkyl halides is 3. The summed E-state index contributed by atoms with van der Waals surface area (Å²) in [6.45, 7) is 3.78. The fraction of sp³-hybridized carbons (Fsp3) is 0.458. The van der Waals surface area contributed by atoms with Crippen molar-refractivity contribution in [2.75, 3.05) is 18.0 Å². The van der Waals surface area contributed by atoms with Gasteiger partial charge in [-0.05, 0) is 66.0 Å². The first kappa shape index (κ1) is 27.6. The zero-order chi connectivity index (χ0) is 27.3. The molecule has 37 heavy (non-hydrogen) atoms. The lowest BCUT2D eigenvalue weighted by Gasteiger charge is -2.29. The molecule has 10 nitrogen and oxygen atoms in total. The number of carboxylic acid groups (broad SMARTS) is 2. The lowest BCUT2D eigenvalue weighted by atomic mass is 9.78. The molecule has 0 radical (unpaired) electrons. The van der Waals surface area contributed by atoms with Gasteiger partial charge in [-0.3, -0.25) is 4.79 Å². The highest BCUT2D eigenvalue weighted by Gasteiger charge is 2.40. The first-order valence-electron chi connectivity index (χ1n) is 11.6. The van der Waals surface area contributed by atoms with Gasteiger partial charge in [0.1, 0.15) is 5.56 Å². The summed E-state index contributed by atoms with van der Waals surface area (Å²) in [6.07, 6.45) is -1.22. The summed E-state index contributed by atoms with van der Waals surface area (Å²) in [5, 5.41) is 20.4. The van der Waals surface area contributed by atoms with Gasteiger partial charge in [-0.25, -0.2) is 9.59 Å². The van der Waals surface area contributed by atoms with E-state index in [-0.39, 0.29) is 11.6 Å². The molecule has 3 N–H and O–H groups in total. The van der Waals surface area contributed by atoms with Crippen LogP contribution >= 0.6 is 0 Å². The van der Waals surface area contributed by atoms with Gasteiger partial charge in [0.15, 0.2) is 0 Å². The molecule has 1 aliphatic carbocycles. The van der Waals surface area contributed by atoms with Gasteiger partial charge in [0.25, 0.3) is 5.56 Å². The first-order valence-corrected chi connectivity index (χ1v) is 11.6. The van der Waals surface area contributed by atoms with E-state index < -0.39 is 23.7 Å². The zero-order valence-corrected chi connectivity index (χ0v) is 19.9. The molecule has 2 fully saturated rings. The maximum atomic E-state index is 12.1. The van der Waals surface area contributed by atoms with E-state index in [9.17, 15) is 27.9 Å². The lowest BCUT2D eigenvalue weighted by Crippen LogP contribution is -2.30. The van der Waals surface area contributed by atoms with Gasteiger partial charge in [-0.1, -0.05) is 30.6 Å². The highest BCUT2D eigenvalue weighted by atomic mass is 19.4. The van der Waals surface area contributed by atoms with Crippen LogP contribution in [0.25, 0.3) is 21.7 Å². The molecule has 4 rings (SSSR count). The Morgan fingerprint density at radius 1 is 1.19 bits per heavy atom. The second-order valence-electron chi connectivity index (χ2n) is 8.95. The third-order valence-electron chi connectivity index (χ3n) is 6.76. The Labute approximate surface area is 209 Å². The molecule has 2 aliphatic rings. The molecular formula is C24H26F3N5O5. The fourth-order valence-corrected chi connectivity index (χ4v) is 4.97. The maximum Gasteiger partial charge on any atom is 0.490 e. The van der Waals surface area contributed by atoms with Crippen molar-refractivity contribution >= 4 is 17.6 Å². The van der Waals surface area contributed by atoms with E-state index in [0.717, 1.165) is 42.7 Å². The first-order chi connectivity index (χ1) is 17.5. The van der Waals surface area contributed by atoms with Crippen LogP contribution in [0.15, 0.2) is 40.2 Å². The number of aromatic nitrogens is 1. The van der Waals surface area contributed by atoms with Crippen molar-refractivity contribution in [2.24, 2.45) is 17.0 Å². The lowest BCUT2D eigenvalue weighted by molar-refractivity contribution is -0.192. The van der Waals surface area contributed by atoms with Crippen molar-refractivity contribution in [1.82, 2.24) is 4.98 Å². The van der Waals surface area contributed by atoms with Gasteiger partial charge in [0.05, 0.1) is 5.69 Å². The average molecular weight is 521 g/mol. The largest absolute Gasteiger partial charge is 0.490 e. The number of anilines is 1. The molecule has 2 aromatic rings. The Morgan fingerprint density at radius 2 is 1.84 bits per heavy atom. The number of carboxylic acids is 2. The van der Waals surface area contributed by atoms with E-state index in [2.05, 4.69) is 19.9 Å². The topological polar surface area (TPSA) is 159 Å². The number of halogens is 3. The summed E-state index contributed by atoms with van der Waals surface area (Å²) >= 11 is 0. The predicted molar refractivity (Wildman–Crippen MR) is 129 cm³/mol. The number of nitrogens with one attached hydrogen (secondary N) is 1. The molecule has 198 valence electrons. The van der Waals surface area contributed by atoms with E-state index in [0.29, 0.717) is 24.0 Å². The van der Waals surface area contributed by atoms with E-state index in [1.807, 2.05) is 31.2 Å². The Bertz CT molecular complexity index is 1250. The number of nitrogens with zero attached hydrogens (tertiary/aromatic N) is 4. The Morgan fingerprint density at radius 3 is 2.38 bits per heavy atom. The van der Waals surface area contributed by atoms with Crippen LogP contribution in [0.2, 0.25) is 0 Å². The number of aromatic carboxylic acids is 1. The minimum atomic E-state index is -5.08. The number of aliphatic carboxylic acids is 1. The number of fused-ring (bicyclic) bond motifs is 1. The number of aromatic amines is 1. The SMILES string of the molecule is CCc1cc(C(=O)O)c(=O)[nH]c1-c1ccc(N2C[C@H]3CCC[C@H](N=[N+]=[N-])[C@H]3C2)cc1.O=C(O)C(F)(F)F. The van der Waals surface area contributed by atoms with Crippen LogP contribution in [0, 0.1) is 11.8 Å². The van der Waals surface area contributed by atoms with Gasteiger partial charge in [-0.2, -0.15) is 13.2 Å². The van der Waals surface area contributed by atoms with Crippen LogP contribution in [0.5, 0.6) is 0 Å². The number of aryl methyl sites for hydroxylation is 1. The summed E-state index contributed by atoms with van der Waals surface area (Å²) < 4.78 is 31.7. The van der Waals surface area contributed by atoms with Crippen LogP contribution in [0.3, 0.4) is 0 Å². The summed E-state index contributed by atoms with van der Waals surface area (Å²) in [6, 6.07) is 9.56. The number of azide groups is 1. The quantitative estimate of drug-likeness (QED) is 0.290. The van der Waals surface area contributed by atoms with E-state index in [4.69, 9.17) is 15.4 Å². The molecule has 1 saturated heterocycles. The van der Waals surface area contributed by atoms with Crippen LogP contribution in [-0.2, 0) is 11.2 Å². The number of rotatable bonds is 5. The summed E-state index contributed by atoms with van der Waals surface area (Å²) in [7, 11) is 0. The number of carbonyl (C=O) groups is 2. The highest BCUT2D eigenvalue weighted by Crippen LogP contribution is 2.40. The summed E-state index contributed by atoms with van der Waals surface area (Å²) in [5.74, 6) is -3.02. The monoisotopic (exact) mass is 521 g/mol. The normalized spacial score (nSPS) is 20.8. The van der Waals surface area contributed by atoms with E-state index in [1.165, 1.54) is 12.5 Å². The fourth-order valence-electron chi connectivity index (χ4n) is 4.97. The van der Waals surface area contributed by atoms with Gasteiger partial charge >= 0.3 is 18.1 Å². The minimum Gasteiger partial charge on any atom is -0.477 e. The highest BCUT2D eigenvalue weighted by molar-refractivity contribution is 5.88. The molecule has 0 spiro atoms. The van der Waals surface area contributed by atoms with Crippen molar-refractivity contribution in [1.29, 1.82) is 0 Å². The Kier molecular flexibility index (Phi) is 8.49. The minimum absolute atomic E-state index is 0.0861. The standard InChI is InChI=1S/C22H25N5O3.C2HF3O2/c1-2-13-10-17(22(29)30)21(28)24-20(13)14-6-8-16(9-7-14)27-11-15-4-3-5-19(25-26-23)18(15)12-27;3-2(4,5)1(6)7/h6-10,15,18-19H,2-5,11-12H2,1H3,(H,24,28)(H,29,30);(H,6,7)/t15-,18+,19+;/m1./s1. The van der Waals surface area contributed by atoms with Crippen LogP contribution in [0.1, 0.15) is 42.1 Å². The molecule has 1 saturated carbocycles. The molecule has 1 aromatic heterocycles. The number of H-pyrrole nitrogens is 1. The van der Waals surface area contributed by atoms with Crippen molar-refractivity contribution in [3.05, 3.63) is 62.3 Å².